The van der Waals surface area contributed by atoms with Crippen molar-refractivity contribution in [3.63, 3.8) is 0 Å². The monoisotopic (exact) mass is 256 g/mol. The van der Waals surface area contributed by atoms with Crippen molar-refractivity contribution >= 4 is 0 Å². The fourth-order valence-corrected chi connectivity index (χ4v) is 3.02. The van der Waals surface area contributed by atoms with Crippen LogP contribution in [0.5, 0.6) is 0 Å². The van der Waals surface area contributed by atoms with Crippen LogP contribution < -0.4 is 5.32 Å². The van der Waals surface area contributed by atoms with Gasteiger partial charge in [0.1, 0.15) is 0 Å². The maximum atomic E-state index is 9.60. The summed E-state index contributed by atoms with van der Waals surface area (Å²) in [6, 6.07) is 1.10. The van der Waals surface area contributed by atoms with Crippen LogP contribution in [0, 0.1) is 5.92 Å². The van der Waals surface area contributed by atoms with E-state index in [-0.39, 0.29) is 12.1 Å². The normalized spacial score (nSPS) is 29.5. The first kappa shape index (κ1) is 15.9. The first-order valence-corrected chi connectivity index (χ1v) is 7.50. The first-order chi connectivity index (χ1) is 8.38. The number of nitrogens with one attached hydrogen (secondary N) is 1. The molecule has 0 bridgehead atoms. The Hall–Kier alpha value is -0.120. The zero-order valence-electron chi connectivity index (χ0n) is 12.9. The third-order valence-electron chi connectivity index (χ3n) is 4.44. The largest absolute Gasteiger partial charge is 0.394 e. The lowest BCUT2D eigenvalue weighted by molar-refractivity contribution is 0.0851. The fraction of sp³-hybridized carbons (Fsp3) is 1.00. The highest BCUT2D eigenvalue weighted by atomic mass is 16.3. The quantitative estimate of drug-likeness (QED) is 0.765. The van der Waals surface area contributed by atoms with Gasteiger partial charge in [0, 0.05) is 24.2 Å². The highest BCUT2D eigenvalue weighted by Crippen LogP contribution is 2.24. The molecule has 1 aliphatic heterocycles. The van der Waals surface area contributed by atoms with Crippen LogP contribution in [0.1, 0.15) is 53.9 Å². The number of aliphatic hydroxyl groups is 1. The molecule has 2 N–H and O–H groups in total. The van der Waals surface area contributed by atoms with E-state index >= 15 is 0 Å². The van der Waals surface area contributed by atoms with Gasteiger partial charge in [-0.15, -0.1) is 0 Å². The van der Waals surface area contributed by atoms with E-state index in [1.807, 2.05) is 0 Å². The minimum absolute atomic E-state index is 0.144. The van der Waals surface area contributed by atoms with Crippen molar-refractivity contribution in [2.75, 3.05) is 19.7 Å². The maximum Gasteiger partial charge on any atom is 0.0611 e. The highest BCUT2D eigenvalue weighted by molar-refractivity contribution is 4.87. The molecule has 3 nitrogen and oxygen atoms in total. The summed E-state index contributed by atoms with van der Waals surface area (Å²) < 4.78 is 0. The van der Waals surface area contributed by atoms with E-state index in [2.05, 4.69) is 44.8 Å². The molecular formula is C15H32N2O. The van der Waals surface area contributed by atoms with E-state index < -0.39 is 0 Å². The van der Waals surface area contributed by atoms with Gasteiger partial charge < -0.3 is 15.3 Å². The molecule has 0 aromatic rings. The summed E-state index contributed by atoms with van der Waals surface area (Å²) in [5, 5.41) is 13.1. The Bertz CT molecular complexity index is 245. The van der Waals surface area contributed by atoms with Crippen LogP contribution in [-0.2, 0) is 0 Å². The Kier molecular flexibility index (Phi) is 6.09. The lowest BCUT2D eigenvalue weighted by atomic mass is 9.90. The molecule has 1 saturated heterocycles. The molecule has 0 spiro atoms. The van der Waals surface area contributed by atoms with Crippen LogP contribution in [0.3, 0.4) is 0 Å². The zero-order valence-corrected chi connectivity index (χ0v) is 12.9. The summed E-state index contributed by atoms with van der Waals surface area (Å²) >= 11 is 0. The number of nitrogens with zero attached hydrogens (tertiary/aromatic N) is 1. The second kappa shape index (κ2) is 6.88. The summed E-state index contributed by atoms with van der Waals surface area (Å²) in [5.74, 6) is 0.803. The molecule has 3 heteroatoms. The van der Waals surface area contributed by atoms with E-state index in [9.17, 15) is 5.11 Å². The van der Waals surface area contributed by atoms with Crippen molar-refractivity contribution in [2.24, 2.45) is 5.92 Å². The Balaban J connectivity index is 2.46. The third-order valence-corrected chi connectivity index (χ3v) is 4.44. The van der Waals surface area contributed by atoms with Gasteiger partial charge in [-0.05, 0) is 45.6 Å². The Morgan fingerprint density at radius 3 is 2.61 bits per heavy atom. The molecule has 3 atom stereocenters. The molecule has 0 saturated carbocycles. The number of aliphatic hydroxyl groups excluding tert-OH is 1. The van der Waals surface area contributed by atoms with Gasteiger partial charge in [0.05, 0.1) is 6.61 Å². The molecule has 1 aliphatic rings. The molecule has 1 fully saturated rings. The molecule has 18 heavy (non-hydrogen) atoms. The van der Waals surface area contributed by atoms with Gasteiger partial charge in [-0.2, -0.15) is 0 Å². The SMILES string of the molecule is CC(C)NC(C)(CO)CCN1CCCC(C)C1C. The zero-order chi connectivity index (χ0) is 13.8. The lowest BCUT2D eigenvalue weighted by Gasteiger charge is -2.40. The van der Waals surface area contributed by atoms with Crippen LogP contribution in [0.4, 0.5) is 0 Å². The molecule has 0 aromatic carbocycles. The lowest BCUT2D eigenvalue weighted by Crippen LogP contribution is -2.52. The summed E-state index contributed by atoms with van der Waals surface area (Å²) in [7, 11) is 0. The van der Waals surface area contributed by atoms with Crippen molar-refractivity contribution in [2.45, 2.75) is 71.5 Å². The molecule has 0 radical (unpaired) electrons. The first-order valence-electron chi connectivity index (χ1n) is 7.50. The van der Waals surface area contributed by atoms with Gasteiger partial charge >= 0.3 is 0 Å². The molecule has 3 unspecified atom stereocenters. The number of likely N-dealkylation sites (tertiary alicyclic amines) is 1. The van der Waals surface area contributed by atoms with Gasteiger partial charge in [0.25, 0.3) is 0 Å². The average molecular weight is 256 g/mol. The summed E-state index contributed by atoms with van der Waals surface area (Å²) in [5.41, 5.74) is -0.144. The van der Waals surface area contributed by atoms with Crippen LogP contribution in [0.25, 0.3) is 0 Å². The van der Waals surface area contributed by atoms with Crippen molar-refractivity contribution in [1.29, 1.82) is 0 Å². The predicted octanol–water partition coefficient (Wildman–Crippen LogP) is 2.25. The molecule has 0 aromatic heterocycles. The minimum atomic E-state index is -0.144. The van der Waals surface area contributed by atoms with Gasteiger partial charge in [0.15, 0.2) is 0 Å². The highest BCUT2D eigenvalue weighted by Gasteiger charge is 2.28. The van der Waals surface area contributed by atoms with Crippen molar-refractivity contribution in [1.82, 2.24) is 10.2 Å². The summed E-state index contributed by atoms with van der Waals surface area (Å²) in [4.78, 5) is 2.59. The predicted molar refractivity (Wildman–Crippen MR) is 77.8 cm³/mol. The minimum Gasteiger partial charge on any atom is -0.394 e. The van der Waals surface area contributed by atoms with Crippen LogP contribution >= 0.6 is 0 Å². The van der Waals surface area contributed by atoms with Gasteiger partial charge in [-0.3, -0.25) is 0 Å². The van der Waals surface area contributed by atoms with E-state index in [1.165, 1.54) is 19.4 Å². The summed E-state index contributed by atoms with van der Waals surface area (Å²) in [6.07, 6.45) is 3.69. The number of hydrogen-bond donors (Lipinski definition) is 2. The molecule has 1 heterocycles. The van der Waals surface area contributed by atoms with Gasteiger partial charge in [-0.1, -0.05) is 20.8 Å². The molecular weight excluding hydrogens is 224 g/mol. The molecule has 108 valence electrons. The summed E-state index contributed by atoms with van der Waals surface area (Å²) in [6.45, 7) is 13.6. The number of piperidine rings is 1. The van der Waals surface area contributed by atoms with Gasteiger partial charge in [0.2, 0.25) is 0 Å². The average Bonchev–Trinajstić information content (AvgIpc) is 2.30. The van der Waals surface area contributed by atoms with Crippen molar-refractivity contribution in [3.05, 3.63) is 0 Å². The number of rotatable bonds is 6. The molecule has 0 amide bonds. The smallest absolute Gasteiger partial charge is 0.0611 e. The molecule has 1 rings (SSSR count). The Morgan fingerprint density at radius 2 is 2.06 bits per heavy atom. The standard InChI is InChI=1S/C15H32N2O/c1-12(2)16-15(5,11-18)8-10-17-9-6-7-13(3)14(17)4/h12-14,16,18H,6-11H2,1-5H3. The van der Waals surface area contributed by atoms with E-state index in [4.69, 9.17) is 0 Å². The Morgan fingerprint density at radius 1 is 1.39 bits per heavy atom. The second-order valence-corrected chi connectivity index (χ2v) is 6.66. The van der Waals surface area contributed by atoms with Crippen molar-refractivity contribution in [3.8, 4) is 0 Å². The van der Waals surface area contributed by atoms with Gasteiger partial charge in [-0.25, -0.2) is 0 Å². The maximum absolute atomic E-state index is 9.60. The molecule has 0 aliphatic carbocycles. The number of hydrogen-bond acceptors (Lipinski definition) is 3. The van der Waals surface area contributed by atoms with Crippen LogP contribution in [0.15, 0.2) is 0 Å². The van der Waals surface area contributed by atoms with Crippen molar-refractivity contribution < 1.29 is 5.11 Å². The Labute approximate surface area is 113 Å². The van der Waals surface area contributed by atoms with E-state index in [0.29, 0.717) is 12.1 Å². The topological polar surface area (TPSA) is 35.5 Å². The van der Waals surface area contributed by atoms with Crippen LogP contribution in [0.2, 0.25) is 0 Å². The second-order valence-electron chi connectivity index (χ2n) is 6.66. The van der Waals surface area contributed by atoms with Crippen LogP contribution in [-0.4, -0.2) is 47.3 Å². The fourth-order valence-electron chi connectivity index (χ4n) is 3.02. The van der Waals surface area contributed by atoms with E-state index in [0.717, 1.165) is 18.9 Å². The van der Waals surface area contributed by atoms with E-state index in [1.54, 1.807) is 0 Å². The third kappa shape index (κ3) is 4.52.